The van der Waals surface area contributed by atoms with Crippen LogP contribution in [0.15, 0.2) is 46.9 Å². The number of hydrogen-bond donors (Lipinski definition) is 0. The SMILES string of the molecule is COc1ccc(C(=O)c2cccc(Br)c2C)cc1. The second kappa shape index (κ2) is 5.36. The van der Waals surface area contributed by atoms with Crippen molar-refractivity contribution in [3.63, 3.8) is 0 Å². The van der Waals surface area contributed by atoms with E-state index in [1.807, 2.05) is 25.1 Å². The van der Waals surface area contributed by atoms with Crippen LogP contribution in [-0.2, 0) is 0 Å². The van der Waals surface area contributed by atoms with E-state index < -0.39 is 0 Å². The molecule has 0 saturated carbocycles. The third kappa shape index (κ3) is 2.46. The first kappa shape index (κ1) is 12.8. The average molecular weight is 305 g/mol. The number of methoxy groups -OCH3 is 1. The zero-order valence-corrected chi connectivity index (χ0v) is 11.8. The van der Waals surface area contributed by atoms with E-state index in [4.69, 9.17) is 4.74 Å². The first-order valence-electron chi connectivity index (χ1n) is 5.57. The lowest BCUT2D eigenvalue weighted by Gasteiger charge is -2.07. The van der Waals surface area contributed by atoms with Gasteiger partial charge >= 0.3 is 0 Å². The van der Waals surface area contributed by atoms with Crippen LogP contribution < -0.4 is 4.74 Å². The Morgan fingerprint density at radius 2 is 1.78 bits per heavy atom. The number of carbonyl (C=O) groups is 1. The molecule has 0 unspecified atom stereocenters. The molecule has 0 radical (unpaired) electrons. The van der Waals surface area contributed by atoms with Crippen LogP contribution in [0, 0.1) is 6.92 Å². The second-order valence-electron chi connectivity index (χ2n) is 3.97. The Bertz CT molecular complexity index is 574. The molecule has 3 heteroatoms. The van der Waals surface area contributed by atoms with Gasteiger partial charge in [-0.3, -0.25) is 4.79 Å². The molecule has 0 bridgehead atoms. The predicted octanol–water partition coefficient (Wildman–Crippen LogP) is 4.00. The molecular weight excluding hydrogens is 292 g/mol. The van der Waals surface area contributed by atoms with Crippen molar-refractivity contribution in [3.8, 4) is 5.75 Å². The number of hydrogen-bond acceptors (Lipinski definition) is 2. The highest BCUT2D eigenvalue weighted by atomic mass is 79.9. The summed E-state index contributed by atoms with van der Waals surface area (Å²) in [6.07, 6.45) is 0. The quantitative estimate of drug-likeness (QED) is 0.801. The molecule has 0 heterocycles. The summed E-state index contributed by atoms with van der Waals surface area (Å²) in [5.74, 6) is 0.772. The lowest BCUT2D eigenvalue weighted by Crippen LogP contribution is -2.03. The average Bonchev–Trinajstić information content (AvgIpc) is 2.41. The number of ether oxygens (including phenoxy) is 1. The van der Waals surface area contributed by atoms with Crippen LogP contribution in [0.4, 0.5) is 0 Å². The molecule has 0 saturated heterocycles. The van der Waals surface area contributed by atoms with Gasteiger partial charge in [0.1, 0.15) is 5.75 Å². The fourth-order valence-corrected chi connectivity index (χ4v) is 2.12. The Hall–Kier alpha value is -1.61. The third-order valence-electron chi connectivity index (χ3n) is 2.86. The third-order valence-corrected chi connectivity index (χ3v) is 3.72. The van der Waals surface area contributed by atoms with Crippen molar-refractivity contribution in [2.45, 2.75) is 6.92 Å². The van der Waals surface area contributed by atoms with Gasteiger partial charge < -0.3 is 4.74 Å². The van der Waals surface area contributed by atoms with Crippen LogP contribution >= 0.6 is 15.9 Å². The van der Waals surface area contributed by atoms with E-state index in [1.165, 1.54) is 0 Å². The van der Waals surface area contributed by atoms with E-state index in [9.17, 15) is 4.79 Å². The van der Waals surface area contributed by atoms with Gasteiger partial charge in [-0.1, -0.05) is 28.1 Å². The fourth-order valence-electron chi connectivity index (χ4n) is 1.75. The Kier molecular flexibility index (Phi) is 3.82. The summed E-state index contributed by atoms with van der Waals surface area (Å²) >= 11 is 3.44. The van der Waals surface area contributed by atoms with E-state index >= 15 is 0 Å². The summed E-state index contributed by atoms with van der Waals surface area (Å²) in [5.41, 5.74) is 2.34. The van der Waals surface area contributed by atoms with Crippen LogP contribution in [0.1, 0.15) is 21.5 Å². The Morgan fingerprint density at radius 1 is 1.11 bits per heavy atom. The zero-order valence-electron chi connectivity index (χ0n) is 10.2. The van der Waals surface area contributed by atoms with Gasteiger partial charge in [0.2, 0.25) is 0 Å². The summed E-state index contributed by atoms with van der Waals surface area (Å²) in [6, 6.07) is 12.8. The highest BCUT2D eigenvalue weighted by Gasteiger charge is 2.12. The van der Waals surface area contributed by atoms with E-state index in [2.05, 4.69) is 15.9 Å². The predicted molar refractivity (Wildman–Crippen MR) is 75.3 cm³/mol. The number of rotatable bonds is 3. The number of ketones is 1. The highest BCUT2D eigenvalue weighted by Crippen LogP contribution is 2.22. The van der Waals surface area contributed by atoms with Gasteiger partial charge in [0.15, 0.2) is 5.78 Å². The minimum absolute atomic E-state index is 0.0245. The van der Waals surface area contributed by atoms with E-state index in [-0.39, 0.29) is 5.78 Å². The first-order chi connectivity index (χ1) is 8.63. The molecule has 0 amide bonds. The molecule has 0 fully saturated rings. The van der Waals surface area contributed by atoms with Gasteiger partial charge in [-0.05, 0) is 42.8 Å². The Balaban J connectivity index is 2.38. The normalized spacial score (nSPS) is 10.2. The summed E-state index contributed by atoms with van der Waals surface area (Å²) in [4.78, 5) is 12.4. The maximum absolute atomic E-state index is 12.4. The van der Waals surface area contributed by atoms with Crippen LogP contribution in [0.5, 0.6) is 5.75 Å². The molecule has 0 aromatic heterocycles. The van der Waals surface area contributed by atoms with Gasteiger partial charge in [0.05, 0.1) is 7.11 Å². The first-order valence-corrected chi connectivity index (χ1v) is 6.36. The van der Waals surface area contributed by atoms with Crippen molar-refractivity contribution in [3.05, 3.63) is 63.6 Å². The minimum atomic E-state index is 0.0245. The van der Waals surface area contributed by atoms with Crippen LogP contribution in [0.25, 0.3) is 0 Å². The zero-order chi connectivity index (χ0) is 13.1. The topological polar surface area (TPSA) is 26.3 Å². The van der Waals surface area contributed by atoms with Crippen molar-refractivity contribution in [1.82, 2.24) is 0 Å². The Morgan fingerprint density at radius 3 is 2.39 bits per heavy atom. The van der Waals surface area contributed by atoms with Crippen LogP contribution in [-0.4, -0.2) is 12.9 Å². The molecule has 0 aliphatic heterocycles. The minimum Gasteiger partial charge on any atom is -0.497 e. The van der Waals surface area contributed by atoms with Gasteiger partial charge in [-0.2, -0.15) is 0 Å². The molecule has 0 atom stereocenters. The number of halogens is 1. The monoisotopic (exact) mass is 304 g/mol. The molecule has 2 nitrogen and oxygen atoms in total. The summed E-state index contributed by atoms with van der Waals surface area (Å²) in [7, 11) is 1.61. The summed E-state index contributed by atoms with van der Waals surface area (Å²) in [5, 5.41) is 0. The van der Waals surface area contributed by atoms with Crippen LogP contribution in [0.3, 0.4) is 0 Å². The van der Waals surface area contributed by atoms with E-state index in [1.54, 1.807) is 31.4 Å². The van der Waals surface area contributed by atoms with Crippen molar-refractivity contribution in [1.29, 1.82) is 0 Å². The van der Waals surface area contributed by atoms with Crippen molar-refractivity contribution in [2.75, 3.05) is 7.11 Å². The van der Waals surface area contributed by atoms with Gasteiger partial charge in [-0.25, -0.2) is 0 Å². The molecule has 0 N–H and O–H groups in total. The largest absolute Gasteiger partial charge is 0.497 e. The van der Waals surface area contributed by atoms with Crippen LogP contribution in [0.2, 0.25) is 0 Å². The standard InChI is InChI=1S/C15H13BrO2/c1-10-13(4-3-5-14(10)16)15(17)11-6-8-12(18-2)9-7-11/h3-9H,1-2H3. The van der Waals surface area contributed by atoms with E-state index in [0.29, 0.717) is 5.56 Å². The molecule has 92 valence electrons. The van der Waals surface area contributed by atoms with Crippen molar-refractivity contribution in [2.24, 2.45) is 0 Å². The van der Waals surface area contributed by atoms with Gasteiger partial charge in [0.25, 0.3) is 0 Å². The lowest BCUT2D eigenvalue weighted by atomic mass is 9.99. The van der Waals surface area contributed by atoms with Gasteiger partial charge in [-0.15, -0.1) is 0 Å². The molecule has 2 aromatic carbocycles. The smallest absolute Gasteiger partial charge is 0.193 e. The van der Waals surface area contributed by atoms with E-state index in [0.717, 1.165) is 21.3 Å². The maximum atomic E-state index is 12.4. The fraction of sp³-hybridized carbons (Fsp3) is 0.133. The van der Waals surface area contributed by atoms with Crippen molar-refractivity contribution >= 4 is 21.7 Å². The second-order valence-corrected chi connectivity index (χ2v) is 4.82. The van der Waals surface area contributed by atoms with Gasteiger partial charge in [0, 0.05) is 15.6 Å². The number of benzene rings is 2. The number of carbonyl (C=O) groups excluding carboxylic acids is 1. The molecule has 2 aromatic rings. The van der Waals surface area contributed by atoms with Crippen molar-refractivity contribution < 1.29 is 9.53 Å². The molecule has 0 spiro atoms. The summed E-state index contributed by atoms with van der Waals surface area (Å²) in [6.45, 7) is 1.93. The molecular formula is C15H13BrO2. The molecule has 0 aliphatic carbocycles. The Labute approximate surface area is 115 Å². The molecule has 18 heavy (non-hydrogen) atoms. The maximum Gasteiger partial charge on any atom is 0.193 e. The molecule has 0 aliphatic rings. The summed E-state index contributed by atoms with van der Waals surface area (Å²) < 4.78 is 6.02. The lowest BCUT2D eigenvalue weighted by molar-refractivity contribution is 0.103. The highest BCUT2D eigenvalue weighted by molar-refractivity contribution is 9.10. The molecule has 2 rings (SSSR count).